The summed E-state index contributed by atoms with van der Waals surface area (Å²) in [6, 6.07) is 10.5. The van der Waals surface area contributed by atoms with Gasteiger partial charge in [-0.05, 0) is 98.5 Å². The molecule has 0 saturated carbocycles. The first-order chi connectivity index (χ1) is 18.6. The van der Waals surface area contributed by atoms with Gasteiger partial charge in [0.25, 0.3) is 0 Å². The summed E-state index contributed by atoms with van der Waals surface area (Å²) in [6.07, 6.45) is 8.49. The van der Waals surface area contributed by atoms with Gasteiger partial charge in [-0.1, -0.05) is 49.8 Å². The van der Waals surface area contributed by atoms with Crippen molar-refractivity contribution in [3.05, 3.63) is 105 Å². The van der Waals surface area contributed by atoms with Crippen LogP contribution in [0.15, 0.2) is 59.9 Å². The second-order valence-electron chi connectivity index (χ2n) is 10.3. The highest BCUT2D eigenvalue weighted by Crippen LogP contribution is 2.40. The molecule has 0 atom stereocenters. The summed E-state index contributed by atoms with van der Waals surface area (Å²) in [4.78, 5) is 5.70. The lowest BCUT2D eigenvalue weighted by atomic mass is 9.88. The third kappa shape index (κ3) is 5.40. The second kappa shape index (κ2) is 11.6. The molecular weight excluding hydrogens is 493 g/mol. The summed E-state index contributed by atoms with van der Waals surface area (Å²) in [5.41, 5.74) is 11.8. The third-order valence-corrected chi connectivity index (χ3v) is 7.85. The Balaban J connectivity index is 1.88. The zero-order valence-corrected chi connectivity index (χ0v) is 23.9. The lowest BCUT2D eigenvalue weighted by Gasteiger charge is -2.27. The van der Waals surface area contributed by atoms with Crippen molar-refractivity contribution in [1.29, 1.82) is 0 Å². The molecule has 0 radical (unpaired) electrons. The average Bonchev–Trinajstić information content (AvgIpc) is 3.33. The van der Waals surface area contributed by atoms with Crippen molar-refractivity contribution in [3.63, 3.8) is 0 Å². The van der Waals surface area contributed by atoms with E-state index in [0.29, 0.717) is 5.56 Å². The van der Waals surface area contributed by atoms with Gasteiger partial charge >= 0.3 is 0 Å². The van der Waals surface area contributed by atoms with E-state index >= 15 is 0 Å². The van der Waals surface area contributed by atoms with Gasteiger partial charge in [-0.25, -0.2) is 13.2 Å². The van der Waals surface area contributed by atoms with Gasteiger partial charge in [0.15, 0.2) is 17.5 Å². The van der Waals surface area contributed by atoms with Crippen LogP contribution in [0.2, 0.25) is 0 Å². The van der Waals surface area contributed by atoms with Crippen LogP contribution in [0.4, 0.5) is 18.9 Å². The number of H-pyrrole nitrogens is 1. The van der Waals surface area contributed by atoms with Crippen LogP contribution >= 0.6 is 0 Å². The summed E-state index contributed by atoms with van der Waals surface area (Å²) in [5, 5.41) is 0.971. The maximum atomic E-state index is 13.9. The number of rotatable bonds is 8. The molecule has 0 bridgehead atoms. The van der Waals surface area contributed by atoms with Gasteiger partial charge in [0.2, 0.25) is 0 Å². The molecule has 0 aliphatic carbocycles. The van der Waals surface area contributed by atoms with E-state index < -0.39 is 17.5 Å². The van der Waals surface area contributed by atoms with E-state index in [2.05, 4.69) is 82.8 Å². The highest BCUT2D eigenvalue weighted by atomic mass is 19.2. The van der Waals surface area contributed by atoms with E-state index in [0.717, 1.165) is 58.1 Å². The first-order valence-corrected chi connectivity index (χ1v) is 13.5. The Hall–Kier alpha value is -3.73. The molecule has 0 aliphatic rings. The van der Waals surface area contributed by atoms with Crippen molar-refractivity contribution in [2.24, 2.45) is 0 Å². The zero-order chi connectivity index (χ0) is 28.4. The van der Waals surface area contributed by atoms with E-state index in [4.69, 9.17) is 0 Å². The third-order valence-electron chi connectivity index (χ3n) is 7.85. The Morgan fingerprint density at radius 3 is 2.33 bits per heavy atom. The number of aromatic amines is 1. The number of halogens is 3. The normalized spacial score (nSPS) is 12.5. The number of aromatic nitrogens is 1. The molecule has 0 amide bonds. The topological polar surface area (TPSA) is 19.0 Å². The standard InChI is InChI=1S/C34H37F3N2/c1-8-10-12-26-22(5)31(39(7)23(6)20(3)9-2)15-21(4)32(26)28-14-11-13-27-25(19-38-34(27)28)16-24-17-29(35)33(37)30(36)18-24/h10-15,17-19,38H,8-9,16H2,1-7H3/b12-10+,23-20-. The molecule has 0 unspecified atom stereocenters. The van der Waals surface area contributed by atoms with Gasteiger partial charge in [0.1, 0.15) is 0 Å². The highest BCUT2D eigenvalue weighted by molar-refractivity contribution is 6.00. The molecule has 5 heteroatoms. The van der Waals surface area contributed by atoms with Gasteiger partial charge in [-0.3, -0.25) is 0 Å². The zero-order valence-electron chi connectivity index (χ0n) is 23.9. The lowest BCUT2D eigenvalue weighted by molar-refractivity contribution is 0.445. The van der Waals surface area contributed by atoms with Crippen LogP contribution in [-0.4, -0.2) is 12.0 Å². The maximum Gasteiger partial charge on any atom is 0.194 e. The maximum absolute atomic E-state index is 13.9. The Labute approximate surface area is 229 Å². The second-order valence-corrected chi connectivity index (χ2v) is 10.3. The van der Waals surface area contributed by atoms with Crippen molar-refractivity contribution < 1.29 is 13.2 Å². The number of nitrogens with zero attached hydrogens (tertiary/aromatic N) is 1. The van der Waals surface area contributed by atoms with Gasteiger partial charge < -0.3 is 9.88 Å². The number of hydrogen-bond acceptors (Lipinski definition) is 1. The summed E-state index contributed by atoms with van der Waals surface area (Å²) in [7, 11) is 2.13. The Kier molecular flexibility index (Phi) is 8.39. The molecule has 39 heavy (non-hydrogen) atoms. The summed E-state index contributed by atoms with van der Waals surface area (Å²) < 4.78 is 41.2. The molecule has 1 aromatic heterocycles. The fourth-order valence-electron chi connectivity index (χ4n) is 5.29. The van der Waals surface area contributed by atoms with E-state index in [9.17, 15) is 13.2 Å². The lowest BCUT2D eigenvalue weighted by Crippen LogP contribution is -2.18. The molecule has 2 nitrogen and oxygen atoms in total. The molecule has 0 saturated heterocycles. The van der Waals surface area contributed by atoms with Gasteiger partial charge in [0, 0.05) is 35.6 Å². The predicted molar refractivity (Wildman–Crippen MR) is 159 cm³/mol. The fraction of sp³-hybridized carbons (Fsp3) is 0.294. The van der Waals surface area contributed by atoms with Crippen LogP contribution in [-0.2, 0) is 6.42 Å². The molecule has 4 aromatic rings. The molecule has 1 N–H and O–H groups in total. The number of hydrogen-bond donors (Lipinski definition) is 1. The number of aryl methyl sites for hydroxylation is 1. The van der Waals surface area contributed by atoms with Crippen molar-refractivity contribution >= 4 is 22.7 Å². The van der Waals surface area contributed by atoms with Crippen LogP contribution in [0, 0.1) is 31.3 Å². The molecule has 204 valence electrons. The molecule has 0 aliphatic heterocycles. The number of allylic oxidation sites excluding steroid dienone is 3. The van der Waals surface area contributed by atoms with E-state index in [-0.39, 0.29) is 6.42 Å². The van der Waals surface area contributed by atoms with Crippen molar-refractivity contribution in [1.82, 2.24) is 4.98 Å². The van der Waals surface area contributed by atoms with Crippen molar-refractivity contribution in [2.45, 2.75) is 60.8 Å². The largest absolute Gasteiger partial charge is 0.360 e. The SMILES string of the molecule is CC/C=C/c1c(C)c(N(C)/C(C)=C(/C)CC)cc(C)c1-c1cccc2c(Cc3cc(F)c(F)c(F)c3)c[nH]c12. The minimum absolute atomic E-state index is 0.282. The number of benzene rings is 3. The number of fused-ring (bicyclic) bond motifs is 1. The molecular formula is C34H37F3N2. The van der Waals surface area contributed by atoms with Gasteiger partial charge in [-0.15, -0.1) is 0 Å². The smallest absolute Gasteiger partial charge is 0.194 e. The Morgan fingerprint density at radius 2 is 1.69 bits per heavy atom. The molecule has 0 spiro atoms. The average molecular weight is 531 g/mol. The number of nitrogens with one attached hydrogen (secondary N) is 1. The van der Waals surface area contributed by atoms with Crippen LogP contribution in [0.25, 0.3) is 28.1 Å². The highest BCUT2D eigenvalue weighted by Gasteiger charge is 2.20. The Morgan fingerprint density at radius 1 is 1.00 bits per heavy atom. The molecule has 3 aromatic carbocycles. The van der Waals surface area contributed by atoms with Gasteiger partial charge in [0.05, 0.1) is 5.52 Å². The first kappa shape index (κ1) is 28.3. The first-order valence-electron chi connectivity index (χ1n) is 13.5. The minimum atomic E-state index is -1.44. The predicted octanol–water partition coefficient (Wildman–Crippen LogP) is 10.0. The van der Waals surface area contributed by atoms with E-state index in [1.807, 2.05) is 18.3 Å². The van der Waals surface area contributed by atoms with Crippen molar-refractivity contribution in [2.75, 3.05) is 11.9 Å². The van der Waals surface area contributed by atoms with E-state index in [1.165, 1.54) is 28.1 Å². The molecule has 1 heterocycles. The van der Waals surface area contributed by atoms with Crippen LogP contribution in [0.3, 0.4) is 0 Å². The van der Waals surface area contributed by atoms with E-state index in [1.54, 1.807) is 0 Å². The van der Waals surface area contributed by atoms with Crippen molar-refractivity contribution in [3.8, 4) is 11.1 Å². The molecule has 0 fully saturated rings. The summed E-state index contributed by atoms with van der Waals surface area (Å²) in [6.45, 7) is 13.0. The quantitative estimate of drug-likeness (QED) is 0.225. The summed E-state index contributed by atoms with van der Waals surface area (Å²) in [5.74, 6) is -3.79. The Bertz CT molecular complexity index is 1570. The van der Waals surface area contributed by atoms with Crippen LogP contribution in [0.1, 0.15) is 68.4 Å². The number of anilines is 1. The fourth-order valence-corrected chi connectivity index (χ4v) is 5.29. The summed E-state index contributed by atoms with van der Waals surface area (Å²) >= 11 is 0. The molecule has 4 rings (SSSR count). The monoisotopic (exact) mass is 530 g/mol. The minimum Gasteiger partial charge on any atom is -0.360 e. The van der Waals surface area contributed by atoms with Gasteiger partial charge in [-0.2, -0.15) is 0 Å². The number of para-hydroxylation sites is 1. The van der Waals surface area contributed by atoms with Crippen LogP contribution < -0.4 is 4.90 Å². The van der Waals surface area contributed by atoms with Crippen LogP contribution in [0.5, 0.6) is 0 Å².